The zero-order valence-corrected chi connectivity index (χ0v) is 11.8. The number of aliphatic hydroxyl groups is 1. The van der Waals surface area contributed by atoms with Crippen LogP contribution in [-0.4, -0.2) is 34.9 Å². The van der Waals surface area contributed by atoms with Crippen molar-refractivity contribution in [2.75, 3.05) is 6.61 Å². The topological polar surface area (TPSA) is 97.1 Å². The van der Waals surface area contributed by atoms with Gasteiger partial charge < -0.3 is 5.11 Å². The Morgan fingerprint density at radius 3 is 2.95 bits per heavy atom. The number of hydrogen-bond acceptors (Lipinski definition) is 5. The average Bonchev–Trinajstić information content (AvgIpc) is 2.88. The summed E-state index contributed by atoms with van der Waals surface area (Å²) in [6, 6.07) is 3.67. The third-order valence-electron chi connectivity index (χ3n) is 2.80. The molecule has 0 amide bonds. The first-order valence-corrected chi connectivity index (χ1v) is 7.55. The van der Waals surface area contributed by atoms with Gasteiger partial charge in [0.15, 0.2) is 0 Å². The van der Waals surface area contributed by atoms with Gasteiger partial charge in [-0.3, -0.25) is 9.67 Å². The Labute approximate surface area is 117 Å². The molecule has 0 fully saturated rings. The quantitative estimate of drug-likeness (QED) is 0.785. The summed E-state index contributed by atoms with van der Waals surface area (Å²) in [7, 11) is -3.63. The summed E-state index contributed by atoms with van der Waals surface area (Å²) in [5.74, 6) is 0. The van der Waals surface area contributed by atoms with Crippen molar-refractivity contribution in [2.45, 2.75) is 24.9 Å². The van der Waals surface area contributed by atoms with Crippen LogP contribution in [0.1, 0.15) is 11.3 Å². The molecule has 0 radical (unpaired) electrons. The van der Waals surface area contributed by atoms with E-state index in [0.717, 1.165) is 5.56 Å². The summed E-state index contributed by atoms with van der Waals surface area (Å²) < 4.78 is 28.0. The standard InChI is InChI=1S/C12H16N4O3S/c1-10-3-2-4-13-12(10)8-15-20(18,19)11-7-14-16(9-11)5-6-17/h2-4,7,9,15,17H,5-6,8H2,1H3. The van der Waals surface area contributed by atoms with Crippen molar-refractivity contribution in [3.63, 3.8) is 0 Å². The van der Waals surface area contributed by atoms with Crippen LogP contribution < -0.4 is 4.72 Å². The van der Waals surface area contributed by atoms with E-state index in [9.17, 15) is 8.42 Å². The summed E-state index contributed by atoms with van der Waals surface area (Å²) in [5, 5.41) is 12.6. The summed E-state index contributed by atoms with van der Waals surface area (Å²) in [6.45, 7) is 2.16. The predicted molar refractivity (Wildman–Crippen MR) is 72.3 cm³/mol. The van der Waals surface area contributed by atoms with Crippen molar-refractivity contribution < 1.29 is 13.5 Å². The predicted octanol–water partition coefficient (Wildman–Crippen LogP) is 0.0573. The maximum absolute atomic E-state index is 12.1. The minimum atomic E-state index is -3.63. The van der Waals surface area contributed by atoms with Crippen molar-refractivity contribution in [1.29, 1.82) is 0 Å². The molecule has 2 aromatic heterocycles. The highest BCUT2D eigenvalue weighted by atomic mass is 32.2. The largest absolute Gasteiger partial charge is 0.394 e. The molecule has 108 valence electrons. The maximum Gasteiger partial charge on any atom is 0.244 e. The van der Waals surface area contributed by atoms with Gasteiger partial charge in [0.05, 0.1) is 31.6 Å². The second kappa shape index (κ2) is 6.12. The van der Waals surface area contributed by atoms with Gasteiger partial charge in [0, 0.05) is 12.4 Å². The Balaban J connectivity index is 2.09. The lowest BCUT2D eigenvalue weighted by molar-refractivity contribution is 0.269. The molecule has 20 heavy (non-hydrogen) atoms. The van der Waals surface area contributed by atoms with Gasteiger partial charge in [-0.25, -0.2) is 13.1 Å². The number of aryl methyl sites for hydroxylation is 1. The molecule has 0 atom stereocenters. The molecule has 2 rings (SSSR count). The van der Waals surface area contributed by atoms with Gasteiger partial charge >= 0.3 is 0 Å². The number of hydrogen-bond donors (Lipinski definition) is 2. The van der Waals surface area contributed by atoms with Crippen LogP contribution in [0.15, 0.2) is 35.6 Å². The van der Waals surface area contributed by atoms with Crippen LogP contribution in [-0.2, 0) is 23.1 Å². The van der Waals surface area contributed by atoms with E-state index in [4.69, 9.17) is 5.11 Å². The lowest BCUT2D eigenvalue weighted by Crippen LogP contribution is -2.23. The second-order valence-electron chi connectivity index (χ2n) is 4.25. The number of nitrogens with zero attached hydrogens (tertiary/aromatic N) is 3. The fourth-order valence-electron chi connectivity index (χ4n) is 1.66. The molecule has 0 bridgehead atoms. The van der Waals surface area contributed by atoms with Gasteiger partial charge in [-0.1, -0.05) is 6.07 Å². The zero-order valence-electron chi connectivity index (χ0n) is 11.0. The molecule has 0 saturated carbocycles. The van der Waals surface area contributed by atoms with Gasteiger partial charge in [-0.2, -0.15) is 5.10 Å². The van der Waals surface area contributed by atoms with E-state index in [1.807, 2.05) is 13.0 Å². The lowest BCUT2D eigenvalue weighted by Gasteiger charge is -2.06. The van der Waals surface area contributed by atoms with E-state index in [1.54, 1.807) is 12.3 Å². The van der Waals surface area contributed by atoms with Crippen LogP contribution in [0.4, 0.5) is 0 Å². The van der Waals surface area contributed by atoms with Crippen LogP contribution >= 0.6 is 0 Å². The minimum absolute atomic E-state index is 0.0690. The summed E-state index contributed by atoms with van der Waals surface area (Å²) in [6.07, 6.45) is 4.25. The Hall–Kier alpha value is -1.77. The highest BCUT2D eigenvalue weighted by Gasteiger charge is 2.16. The lowest BCUT2D eigenvalue weighted by atomic mass is 10.2. The second-order valence-corrected chi connectivity index (χ2v) is 6.02. The van der Waals surface area contributed by atoms with Crippen LogP contribution in [0.5, 0.6) is 0 Å². The van der Waals surface area contributed by atoms with Crippen molar-refractivity contribution in [3.05, 3.63) is 42.0 Å². The number of aromatic nitrogens is 3. The van der Waals surface area contributed by atoms with Crippen LogP contribution in [0.3, 0.4) is 0 Å². The molecule has 0 aromatic carbocycles. The first-order chi connectivity index (χ1) is 9.53. The molecule has 0 aliphatic heterocycles. The Bertz CT molecular complexity index is 682. The van der Waals surface area contributed by atoms with E-state index in [-0.39, 0.29) is 24.6 Å². The summed E-state index contributed by atoms with van der Waals surface area (Å²) in [4.78, 5) is 4.20. The number of sulfonamides is 1. The van der Waals surface area contributed by atoms with Gasteiger partial charge in [-0.05, 0) is 18.6 Å². The molecule has 2 N–H and O–H groups in total. The fraction of sp³-hybridized carbons (Fsp3) is 0.333. The van der Waals surface area contributed by atoms with Crippen LogP contribution in [0.25, 0.3) is 0 Å². The highest BCUT2D eigenvalue weighted by molar-refractivity contribution is 7.89. The van der Waals surface area contributed by atoms with E-state index in [1.165, 1.54) is 17.1 Å². The molecule has 0 unspecified atom stereocenters. The third-order valence-corrected chi connectivity index (χ3v) is 4.15. The van der Waals surface area contributed by atoms with E-state index < -0.39 is 10.0 Å². The maximum atomic E-state index is 12.1. The van der Waals surface area contributed by atoms with E-state index in [2.05, 4.69) is 14.8 Å². The summed E-state index contributed by atoms with van der Waals surface area (Å²) >= 11 is 0. The van der Waals surface area contributed by atoms with Crippen molar-refractivity contribution >= 4 is 10.0 Å². The third kappa shape index (κ3) is 3.41. The molecular formula is C12H16N4O3S. The van der Waals surface area contributed by atoms with E-state index >= 15 is 0 Å². The monoisotopic (exact) mass is 296 g/mol. The fourth-order valence-corrected chi connectivity index (χ4v) is 2.60. The number of rotatable bonds is 6. The molecule has 0 saturated heterocycles. The number of nitrogens with one attached hydrogen (secondary N) is 1. The van der Waals surface area contributed by atoms with E-state index in [0.29, 0.717) is 5.69 Å². The van der Waals surface area contributed by atoms with Crippen molar-refractivity contribution in [1.82, 2.24) is 19.5 Å². The van der Waals surface area contributed by atoms with Gasteiger partial charge in [0.1, 0.15) is 4.90 Å². The molecular weight excluding hydrogens is 280 g/mol. The molecule has 0 aliphatic rings. The molecule has 8 heteroatoms. The Morgan fingerprint density at radius 2 is 2.25 bits per heavy atom. The molecule has 2 heterocycles. The highest BCUT2D eigenvalue weighted by Crippen LogP contribution is 2.09. The zero-order chi connectivity index (χ0) is 14.6. The molecule has 0 spiro atoms. The van der Waals surface area contributed by atoms with Crippen LogP contribution in [0.2, 0.25) is 0 Å². The average molecular weight is 296 g/mol. The Morgan fingerprint density at radius 1 is 1.45 bits per heavy atom. The first-order valence-electron chi connectivity index (χ1n) is 6.06. The van der Waals surface area contributed by atoms with Crippen molar-refractivity contribution in [2.24, 2.45) is 0 Å². The number of aliphatic hydroxyl groups excluding tert-OH is 1. The molecule has 2 aromatic rings. The normalized spacial score (nSPS) is 11.7. The molecule has 7 nitrogen and oxygen atoms in total. The van der Waals surface area contributed by atoms with Gasteiger partial charge in [-0.15, -0.1) is 0 Å². The smallest absolute Gasteiger partial charge is 0.244 e. The SMILES string of the molecule is Cc1cccnc1CNS(=O)(=O)c1cnn(CCO)c1. The first kappa shape index (κ1) is 14.6. The summed E-state index contributed by atoms with van der Waals surface area (Å²) in [5.41, 5.74) is 1.60. The van der Waals surface area contributed by atoms with Crippen LogP contribution in [0, 0.1) is 6.92 Å². The molecule has 0 aliphatic carbocycles. The minimum Gasteiger partial charge on any atom is -0.394 e. The van der Waals surface area contributed by atoms with Gasteiger partial charge in [0.2, 0.25) is 10.0 Å². The van der Waals surface area contributed by atoms with Gasteiger partial charge in [0.25, 0.3) is 0 Å². The van der Waals surface area contributed by atoms with Crippen molar-refractivity contribution in [3.8, 4) is 0 Å². The Kier molecular flexibility index (Phi) is 4.48. The number of pyridine rings is 1.